The number of hydrogen-bond acceptors (Lipinski definition) is 8. The summed E-state index contributed by atoms with van der Waals surface area (Å²) in [7, 11) is 1.86. The van der Waals surface area contributed by atoms with Crippen molar-refractivity contribution in [3.05, 3.63) is 62.2 Å². The quantitative estimate of drug-likeness (QED) is 0.446. The molecule has 146 valence electrons. The van der Waals surface area contributed by atoms with Gasteiger partial charge in [-0.25, -0.2) is 14.6 Å². The summed E-state index contributed by atoms with van der Waals surface area (Å²) in [4.78, 5) is 22.2. The van der Waals surface area contributed by atoms with Crippen LogP contribution in [0.2, 0.25) is 0 Å². The Morgan fingerprint density at radius 2 is 2.24 bits per heavy atom. The van der Waals surface area contributed by atoms with Gasteiger partial charge in [0.05, 0.1) is 28.8 Å². The van der Waals surface area contributed by atoms with Gasteiger partial charge in [0.1, 0.15) is 15.5 Å². The average molecular weight is 425 g/mol. The molecule has 0 saturated carbocycles. The van der Waals surface area contributed by atoms with Gasteiger partial charge in [0.15, 0.2) is 5.65 Å². The third-order valence-electron chi connectivity index (χ3n) is 4.61. The van der Waals surface area contributed by atoms with Crippen LogP contribution in [0.4, 0.5) is 0 Å². The van der Waals surface area contributed by atoms with Crippen molar-refractivity contribution in [1.82, 2.24) is 34.5 Å². The Balaban J connectivity index is 1.55. The summed E-state index contributed by atoms with van der Waals surface area (Å²) in [5.41, 5.74) is 9.01. The number of hydrogen-bond donors (Lipinski definition) is 2. The van der Waals surface area contributed by atoms with Crippen molar-refractivity contribution in [3.63, 3.8) is 0 Å². The number of aromatic nitrogens is 7. The van der Waals surface area contributed by atoms with Crippen molar-refractivity contribution in [1.29, 1.82) is 0 Å². The van der Waals surface area contributed by atoms with Crippen LogP contribution in [0, 0.1) is 0 Å². The van der Waals surface area contributed by atoms with Crippen LogP contribution in [0.5, 0.6) is 0 Å². The van der Waals surface area contributed by atoms with Crippen molar-refractivity contribution in [2.75, 3.05) is 0 Å². The lowest BCUT2D eigenvalue weighted by molar-refractivity contribution is 0.635. The third-order valence-corrected chi connectivity index (χ3v) is 6.65. The summed E-state index contributed by atoms with van der Waals surface area (Å²) < 4.78 is 4.21. The molecular weight excluding hydrogens is 408 g/mol. The van der Waals surface area contributed by atoms with Crippen molar-refractivity contribution in [2.45, 2.75) is 13.0 Å². The lowest BCUT2D eigenvalue weighted by Crippen LogP contribution is -2.24. The first kappa shape index (κ1) is 17.8. The minimum absolute atomic E-state index is 0.175. The molecule has 3 N–H and O–H groups in total. The summed E-state index contributed by atoms with van der Waals surface area (Å²) in [6.45, 7) is 3.97. The monoisotopic (exact) mass is 424 g/mol. The fourth-order valence-corrected chi connectivity index (χ4v) is 5.07. The van der Waals surface area contributed by atoms with Crippen molar-refractivity contribution in [2.24, 2.45) is 12.8 Å². The predicted octanol–water partition coefficient (Wildman–Crippen LogP) is 2.09. The summed E-state index contributed by atoms with van der Waals surface area (Å²) in [5, 5.41) is 15.6. The molecule has 29 heavy (non-hydrogen) atoms. The molecule has 0 spiro atoms. The van der Waals surface area contributed by atoms with Gasteiger partial charge in [0, 0.05) is 36.1 Å². The molecule has 0 amide bonds. The van der Waals surface area contributed by atoms with E-state index in [2.05, 4.69) is 26.9 Å². The molecule has 9 nitrogen and oxygen atoms in total. The van der Waals surface area contributed by atoms with E-state index < -0.39 is 0 Å². The SMILES string of the molecule is C=C(N)c1nc(Cn2ncc3c4sc(Cc5ccn[nH]5)nc4n(C)c3c2=O)cs1. The van der Waals surface area contributed by atoms with Crippen LogP contribution in [0.1, 0.15) is 21.4 Å². The number of rotatable bonds is 5. The number of aromatic amines is 1. The van der Waals surface area contributed by atoms with Crippen LogP contribution in [-0.4, -0.2) is 34.5 Å². The van der Waals surface area contributed by atoms with Gasteiger partial charge in [-0.2, -0.15) is 10.2 Å². The fraction of sp³-hybridized carbons (Fsp3) is 0.167. The maximum absolute atomic E-state index is 13.1. The molecule has 0 atom stereocenters. The topological polar surface area (TPSA) is 120 Å². The number of nitrogens with zero attached hydrogens (tertiary/aromatic N) is 6. The summed E-state index contributed by atoms with van der Waals surface area (Å²) in [6, 6.07) is 1.92. The van der Waals surface area contributed by atoms with Gasteiger partial charge in [0.2, 0.25) is 0 Å². The van der Waals surface area contributed by atoms with E-state index in [1.807, 2.05) is 23.1 Å². The first-order valence-electron chi connectivity index (χ1n) is 8.72. The molecule has 0 saturated heterocycles. The van der Waals surface area contributed by atoms with Gasteiger partial charge in [-0.1, -0.05) is 6.58 Å². The van der Waals surface area contributed by atoms with E-state index in [0.717, 1.165) is 32.1 Å². The first-order valence-corrected chi connectivity index (χ1v) is 10.4. The molecule has 0 bridgehead atoms. The smallest absolute Gasteiger partial charge is 0.291 e. The Kier molecular flexibility index (Phi) is 4.07. The minimum Gasteiger partial charge on any atom is -0.397 e. The molecule has 5 aromatic rings. The Bertz CT molecular complexity index is 1420. The van der Waals surface area contributed by atoms with E-state index in [-0.39, 0.29) is 12.1 Å². The van der Waals surface area contributed by atoms with E-state index in [9.17, 15) is 4.79 Å². The molecule has 11 heteroatoms. The largest absolute Gasteiger partial charge is 0.397 e. The van der Waals surface area contributed by atoms with E-state index in [1.165, 1.54) is 16.0 Å². The van der Waals surface area contributed by atoms with Gasteiger partial charge in [0.25, 0.3) is 5.56 Å². The van der Waals surface area contributed by atoms with Crippen LogP contribution in [0.15, 0.2) is 35.2 Å². The van der Waals surface area contributed by atoms with Gasteiger partial charge in [-0.15, -0.1) is 22.7 Å². The lowest BCUT2D eigenvalue weighted by atomic mass is 10.3. The molecule has 0 radical (unpaired) electrons. The second-order valence-electron chi connectivity index (χ2n) is 6.62. The number of aryl methyl sites for hydroxylation is 1. The zero-order valence-electron chi connectivity index (χ0n) is 15.4. The van der Waals surface area contributed by atoms with Gasteiger partial charge in [-0.3, -0.25) is 9.89 Å². The van der Waals surface area contributed by atoms with Crippen LogP contribution in [0.25, 0.3) is 26.9 Å². The molecule has 0 aromatic carbocycles. The number of thiazole rings is 2. The van der Waals surface area contributed by atoms with E-state index >= 15 is 0 Å². The Hall–Kier alpha value is -3.31. The zero-order valence-corrected chi connectivity index (χ0v) is 17.0. The molecule has 0 aliphatic rings. The fourth-order valence-electron chi connectivity index (χ4n) is 3.25. The molecule has 0 fully saturated rings. The molecular formula is C18H16N8OS2. The van der Waals surface area contributed by atoms with Crippen LogP contribution in [-0.2, 0) is 20.0 Å². The van der Waals surface area contributed by atoms with E-state index in [1.54, 1.807) is 23.7 Å². The first-order chi connectivity index (χ1) is 14.0. The summed E-state index contributed by atoms with van der Waals surface area (Å²) in [5.74, 6) is 0. The highest BCUT2D eigenvalue weighted by Gasteiger charge is 2.19. The number of nitrogens with one attached hydrogen (secondary N) is 1. The second-order valence-corrected chi connectivity index (χ2v) is 8.56. The van der Waals surface area contributed by atoms with Crippen molar-refractivity contribution >= 4 is 49.6 Å². The lowest BCUT2D eigenvalue weighted by Gasteiger charge is -2.03. The van der Waals surface area contributed by atoms with E-state index in [0.29, 0.717) is 22.6 Å². The summed E-state index contributed by atoms with van der Waals surface area (Å²) >= 11 is 2.97. The molecule has 5 aromatic heterocycles. The maximum Gasteiger partial charge on any atom is 0.291 e. The van der Waals surface area contributed by atoms with E-state index in [4.69, 9.17) is 10.7 Å². The normalized spacial score (nSPS) is 11.6. The van der Waals surface area contributed by atoms with Crippen LogP contribution >= 0.6 is 22.7 Å². The highest BCUT2D eigenvalue weighted by Crippen LogP contribution is 2.31. The molecule has 5 rings (SSSR count). The van der Waals surface area contributed by atoms with Crippen LogP contribution in [0.3, 0.4) is 0 Å². The highest BCUT2D eigenvalue weighted by atomic mass is 32.1. The average Bonchev–Trinajstić information content (AvgIpc) is 3.45. The molecule has 0 aliphatic carbocycles. The molecule has 5 heterocycles. The standard InChI is InChI=1S/C18H16N8OS2/c1-9(19)17-22-11(8-28-17)7-26-18(27)14-12(6-21-26)15-16(25(14)2)23-13(29-15)5-10-3-4-20-24-10/h3-4,6,8H,1,5,7,19H2,2H3,(H,20,24). The Morgan fingerprint density at radius 1 is 1.38 bits per heavy atom. The van der Waals surface area contributed by atoms with Gasteiger partial charge >= 0.3 is 0 Å². The number of H-pyrrole nitrogens is 1. The van der Waals surface area contributed by atoms with Crippen molar-refractivity contribution < 1.29 is 0 Å². The Morgan fingerprint density at radius 3 is 2.97 bits per heavy atom. The molecule has 0 aliphatic heterocycles. The zero-order chi connectivity index (χ0) is 20.1. The maximum atomic E-state index is 13.1. The van der Waals surface area contributed by atoms with Gasteiger partial charge < -0.3 is 10.3 Å². The van der Waals surface area contributed by atoms with Crippen molar-refractivity contribution in [3.8, 4) is 0 Å². The third kappa shape index (κ3) is 2.95. The predicted molar refractivity (Wildman–Crippen MR) is 114 cm³/mol. The highest BCUT2D eigenvalue weighted by molar-refractivity contribution is 7.19. The molecule has 0 unspecified atom stereocenters. The van der Waals surface area contributed by atoms with Gasteiger partial charge in [-0.05, 0) is 6.07 Å². The minimum atomic E-state index is -0.175. The summed E-state index contributed by atoms with van der Waals surface area (Å²) in [6.07, 6.45) is 4.12. The Labute approximate surface area is 172 Å². The number of fused-ring (bicyclic) bond motifs is 3. The van der Waals surface area contributed by atoms with Crippen LogP contribution < -0.4 is 11.3 Å². The second kappa shape index (κ2) is 6.64. The number of nitrogens with two attached hydrogens (primary N) is 1.